The first-order valence-corrected chi connectivity index (χ1v) is 9.71. The fraction of sp³-hybridized carbons (Fsp3) is 0.364. The van der Waals surface area contributed by atoms with Crippen LogP contribution in [0.25, 0.3) is 0 Å². The highest BCUT2D eigenvalue weighted by atomic mass is 16.5. The number of rotatable bonds is 8. The van der Waals surface area contributed by atoms with E-state index in [1.807, 2.05) is 30.3 Å². The first kappa shape index (κ1) is 19.7. The highest BCUT2D eigenvalue weighted by Crippen LogP contribution is 2.27. The number of amides is 2. The molecule has 1 fully saturated rings. The van der Waals surface area contributed by atoms with Crippen LogP contribution in [-0.2, 0) is 4.79 Å². The lowest BCUT2D eigenvalue weighted by Gasteiger charge is -2.13. The summed E-state index contributed by atoms with van der Waals surface area (Å²) >= 11 is 0. The van der Waals surface area contributed by atoms with Gasteiger partial charge in [0.2, 0.25) is 5.91 Å². The van der Waals surface area contributed by atoms with E-state index in [-0.39, 0.29) is 5.91 Å². The first-order valence-electron chi connectivity index (χ1n) is 9.71. The Kier molecular flexibility index (Phi) is 7.29. The lowest BCUT2D eigenvalue weighted by Crippen LogP contribution is -2.42. The molecule has 0 aromatic heterocycles. The van der Waals surface area contributed by atoms with E-state index < -0.39 is 5.91 Å². The van der Waals surface area contributed by atoms with Crippen LogP contribution in [0.1, 0.15) is 42.5 Å². The second kappa shape index (κ2) is 10.3. The fourth-order valence-corrected chi connectivity index (χ4v) is 3.33. The molecule has 2 amide bonds. The number of ether oxygens (including phenoxy) is 2. The van der Waals surface area contributed by atoms with Crippen LogP contribution in [0, 0.1) is 5.92 Å². The van der Waals surface area contributed by atoms with Crippen molar-refractivity contribution < 1.29 is 19.1 Å². The van der Waals surface area contributed by atoms with E-state index in [4.69, 9.17) is 9.47 Å². The zero-order chi connectivity index (χ0) is 19.6. The number of carbonyl (C=O) groups excluding carboxylic acids is 2. The summed E-state index contributed by atoms with van der Waals surface area (Å²) in [7, 11) is 0. The largest absolute Gasteiger partial charge is 0.490 e. The molecular formula is C22H26N2O4. The number of nitrogens with one attached hydrogen (secondary N) is 2. The number of hydrogen-bond donors (Lipinski definition) is 2. The number of hydrazine groups is 1. The Bertz CT molecular complexity index is 773. The van der Waals surface area contributed by atoms with Gasteiger partial charge < -0.3 is 9.47 Å². The third kappa shape index (κ3) is 6.01. The van der Waals surface area contributed by atoms with Gasteiger partial charge in [0.05, 0.1) is 5.56 Å². The number of para-hydroxylation sites is 2. The molecular weight excluding hydrogens is 356 g/mol. The van der Waals surface area contributed by atoms with Gasteiger partial charge in [-0.05, 0) is 43.0 Å². The lowest BCUT2D eigenvalue weighted by molar-refractivity contribution is -0.122. The summed E-state index contributed by atoms with van der Waals surface area (Å²) in [6.45, 7) is 0.658. The summed E-state index contributed by atoms with van der Waals surface area (Å²) in [6, 6.07) is 16.4. The molecule has 1 aliphatic rings. The maximum absolute atomic E-state index is 12.4. The van der Waals surface area contributed by atoms with Crippen molar-refractivity contribution in [2.24, 2.45) is 5.92 Å². The Morgan fingerprint density at radius 3 is 2.32 bits per heavy atom. The molecule has 0 spiro atoms. The molecule has 148 valence electrons. The second-order valence-electron chi connectivity index (χ2n) is 6.86. The minimum atomic E-state index is -0.403. The van der Waals surface area contributed by atoms with E-state index in [0.29, 0.717) is 36.9 Å². The highest BCUT2D eigenvalue weighted by Gasteiger charge is 2.19. The Labute approximate surface area is 165 Å². The zero-order valence-electron chi connectivity index (χ0n) is 15.9. The number of carbonyl (C=O) groups is 2. The van der Waals surface area contributed by atoms with Crippen molar-refractivity contribution in [2.45, 2.75) is 32.1 Å². The molecule has 2 aromatic rings. The SMILES string of the molecule is O=C(CC1CCCC1)NNC(=O)c1ccccc1OCCOc1ccccc1. The van der Waals surface area contributed by atoms with Crippen LogP contribution in [0.2, 0.25) is 0 Å². The van der Waals surface area contributed by atoms with E-state index in [2.05, 4.69) is 10.9 Å². The van der Waals surface area contributed by atoms with Crippen LogP contribution in [-0.4, -0.2) is 25.0 Å². The van der Waals surface area contributed by atoms with Crippen LogP contribution in [0.4, 0.5) is 0 Å². The van der Waals surface area contributed by atoms with Gasteiger partial charge in [-0.15, -0.1) is 0 Å². The van der Waals surface area contributed by atoms with E-state index >= 15 is 0 Å². The third-order valence-corrected chi connectivity index (χ3v) is 4.75. The van der Waals surface area contributed by atoms with Crippen LogP contribution < -0.4 is 20.3 Å². The second-order valence-corrected chi connectivity index (χ2v) is 6.86. The van der Waals surface area contributed by atoms with Gasteiger partial charge in [0.1, 0.15) is 24.7 Å². The molecule has 6 nitrogen and oxygen atoms in total. The van der Waals surface area contributed by atoms with Crippen molar-refractivity contribution >= 4 is 11.8 Å². The molecule has 2 N–H and O–H groups in total. The summed E-state index contributed by atoms with van der Waals surface area (Å²) in [5, 5.41) is 0. The quantitative estimate of drug-likeness (QED) is 0.541. The Morgan fingerprint density at radius 1 is 0.857 bits per heavy atom. The molecule has 0 radical (unpaired) electrons. The topological polar surface area (TPSA) is 76.7 Å². The molecule has 0 saturated heterocycles. The number of hydrogen-bond acceptors (Lipinski definition) is 4. The maximum atomic E-state index is 12.4. The summed E-state index contributed by atoms with van der Waals surface area (Å²) < 4.78 is 11.3. The number of benzene rings is 2. The summed E-state index contributed by atoms with van der Waals surface area (Å²) in [6.07, 6.45) is 4.99. The van der Waals surface area contributed by atoms with Gasteiger partial charge >= 0.3 is 0 Å². The van der Waals surface area contributed by atoms with Crippen LogP contribution >= 0.6 is 0 Å². The van der Waals surface area contributed by atoms with Gasteiger partial charge in [0, 0.05) is 6.42 Å². The summed E-state index contributed by atoms with van der Waals surface area (Å²) in [5.74, 6) is 1.08. The van der Waals surface area contributed by atoms with Crippen LogP contribution in [0.15, 0.2) is 54.6 Å². The van der Waals surface area contributed by atoms with Crippen molar-refractivity contribution in [3.63, 3.8) is 0 Å². The van der Waals surface area contributed by atoms with Crippen molar-refractivity contribution in [1.82, 2.24) is 10.9 Å². The van der Waals surface area contributed by atoms with E-state index in [9.17, 15) is 9.59 Å². The molecule has 1 saturated carbocycles. The Hall–Kier alpha value is -3.02. The third-order valence-electron chi connectivity index (χ3n) is 4.75. The predicted octanol–water partition coefficient (Wildman–Crippen LogP) is 3.49. The Morgan fingerprint density at radius 2 is 1.54 bits per heavy atom. The monoisotopic (exact) mass is 382 g/mol. The molecule has 0 aliphatic heterocycles. The average molecular weight is 382 g/mol. The molecule has 28 heavy (non-hydrogen) atoms. The van der Waals surface area contributed by atoms with Crippen molar-refractivity contribution in [3.8, 4) is 11.5 Å². The van der Waals surface area contributed by atoms with Crippen molar-refractivity contribution in [1.29, 1.82) is 0 Å². The van der Waals surface area contributed by atoms with Gasteiger partial charge in [-0.25, -0.2) is 0 Å². The smallest absolute Gasteiger partial charge is 0.273 e. The molecule has 0 atom stereocenters. The standard InChI is InChI=1S/C22H26N2O4/c25-21(16-17-8-4-5-9-17)23-24-22(26)19-12-6-7-13-20(19)28-15-14-27-18-10-2-1-3-11-18/h1-3,6-7,10-13,17H,4-5,8-9,14-16H2,(H,23,25)(H,24,26). The molecule has 2 aromatic carbocycles. The fourth-order valence-electron chi connectivity index (χ4n) is 3.33. The lowest BCUT2D eigenvalue weighted by atomic mass is 10.0. The first-order chi connectivity index (χ1) is 13.7. The molecule has 6 heteroatoms. The summed E-state index contributed by atoms with van der Waals surface area (Å²) in [5.41, 5.74) is 5.35. The summed E-state index contributed by atoms with van der Waals surface area (Å²) in [4.78, 5) is 24.4. The van der Waals surface area contributed by atoms with Crippen LogP contribution in [0.3, 0.4) is 0 Å². The van der Waals surface area contributed by atoms with Crippen molar-refractivity contribution in [2.75, 3.05) is 13.2 Å². The maximum Gasteiger partial charge on any atom is 0.273 e. The van der Waals surface area contributed by atoms with E-state index in [0.717, 1.165) is 18.6 Å². The molecule has 0 unspecified atom stereocenters. The molecule has 0 bridgehead atoms. The van der Waals surface area contributed by atoms with Gasteiger partial charge in [-0.2, -0.15) is 0 Å². The minimum Gasteiger partial charge on any atom is -0.490 e. The Balaban J connectivity index is 1.45. The van der Waals surface area contributed by atoms with E-state index in [1.165, 1.54) is 12.8 Å². The van der Waals surface area contributed by atoms with E-state index in [1.54, 1.807) is 24.3 Å². The van der Waals surface area contributed by atoms with Gasteiger partial charge in [-0.3, -0.25) is 20.4 Å². The average Bonchev–Trinajstić information content (AvgIpc) is 3.23. The predicted molar refractivity (Wildman–Crippen MR) is 106 cm³/mol. The normalized spacial score (nSPS) is 13.7. The zero-order valence-corrected chi connectivity index (χ0v) is 15.9. The minimum absolute atomic E-state index is 0.157. The van der Waals surface area contributed by atoms with Gasteiger partial charge in [0.25, 0.3) is 5.91 Å². The van der Waals surface area contributed by atoms with Crippen molar-refractivity contribution in [3.05, 3.63) is 60.2 Å². The van der Waals surface area contributed by atoms with Crippen LogP contribution in [0.5, 0.6) is 11.5 Å². The molecule has 0 heterocycles. The highest BCUT2D eigenvalue weighted by molar-refractivity contribution is 5.97. The molecule has 1 aliphatic carbocycles. The molecule has 3 rings (SSSR count). The van der Waals surface area contributed by atoms with Gasteiger partial charge in [0.15, 0.2) is 0 Å². The van der Waals surface area contributed by atoms with Gasteiger partial charge in [-0.1, -0.05) is 43.2 Å².